The first kappa shape index (κ1) is 18.9. The summed E-state index contributed by atoms with van der Waals surface area (Å²) in [5.74, 6) is 0. The molecule has 0 bridgehead atoms. The number of benzene rings is 1. The van der Waals surface area contributed by atoms with Crippen LogP contribution < -0.4 is 0 Å². The van der Waals surface area contributed by atoms with Crippen LogP contribution in [0.2, 0.25) is 0 Å². The lowest BCUT2D eigenvalue weighted by Crippen LogP contribution is -2.28. The second-order valence-electron chi connectivity index (χ2n) is 4.43. The van der Waals surface area contributed by atoms with Crippen molar-refractivity contribution >= 4 is 20.0 Å². The summed E-state index contributed by atoms with van der Waals surface area (Å²) in [6, 6.07) is 0.902. The summed E-state index contributed by atoms with van der Waals surface area (Å²) < 4.78 is 45.6. The van der Waals surface area contributed by atoms with Crippen LogP contribution in [0.3, 0.4) is 0 Å². The highest BCUT2D eigenvalue weighted by atomic mass is 32.2. The fraction of sp³-hybridized carbons (Fsp3) is 0.400. The average molecular weight is 356 g/mol. The SMILES string of the molecule is CCc1c(C)c(S(=O)(=O)N(O)O)cc(C)c1S(=O)(=O)N(O)O. The van der Waals surface area contributed by atoms with E-state index in [0.717, 1.165) is 6.07 Å². The normalized spacial score (nSPS) is 13.1. The van der Waals surface area contributed by atoms with E-state index in [1.807, 2.05) is 0 Å². The van der Waals surface area contributed by atoms with Gasteiger partial charge in [0.25, 0.3) is 20.0 Å². The van der Waals surface area contributed by atoms with Gasteiger partial charge < -0.3 is 0 Å². The highest BCUT2D eigenvalue weighted by Crippen LogP contribution is 2.31. The molecule has 0 unspecified atom stereocenters. The maximum absolute atomic E-state index is 11.9. The zero-order chi connectivity index (χ0) is 17.5. The number of rotatable bonds is 5. The second-order valence-corrected chi connectivity index (χ2v) is 7.83. The van der Waals surface area contributed by atoms with Crippen LogP contribution in [0.15, 0.2) is 15.9 Å². The van der Waals surface area contributed by atoms with E-state index >= 15 is 0 Å². The van der Waals surface area contributed by atoms with E-state index < -0.39 is 39.1 Å². The van der Waals surface area contributed by atoms with Gasteiger partial charge in [-0.3, -0.25) is 20.8 Å². The minimum atomic E-state index is -4.64. The Labute approximate surface area is 127 Å². The van der Waals surface area contributed by atoms with Crippen molar-refractivity contribution in [3.8, 4) is 0 Å². The lowest BCUT2D eigenvalue weighted by Gasteiger charge is -2.19. The molecule has 0 atom stereocenters. The topological polar surface area (TPSA) is 156 Å². The van der Waals surface area contributed by atoms with E-state index in [1.54, 1.807) is 0 Å². The van der Waals surface area contributed by atoms with Crippen molar-refractivity contribution in [2.24, 2.45) is 0 Å². The summed E-state index contributed by atoms with van der Waals surface area (Å²) in [5.41, 5.74) is -0.147. The Balaban J connectivity index is 3.89. The molecule has 126 valence electrons. The molecule has 0 radical (unpaired) electrons. The van der Waals surface area contributed by atoms with Crippen molar-refractivity contribution in [1.29, 1.82) is 0 Å². The van der Waals surface area contributed by atoms with Crippen molar-refractivity contribution in [2.45, 2.75) is 37.0 Å². The molecule has 0 fully saturated rings. The van der Waals surface area contributed by atoms with Crippen molar-refractivity contribution in [3.05, 3.63) is 22.8 Å². The maximum atomic E-state index is 11.9. The van der Waals surface area contributed by atoms with E-state index in [4.69, 9.17) is 20.8 Å². The lowest BCUT2D eigenvalue weighted by molar-refractivity contribution is -0.226. The third kappa shape index (κ3) is 3.00. The molecule has 0 spiro atoms. The zero-order valence-electron chi connectivity index (χ0n) is 11.9. The lowest BCUT2D eigenvalue weighted by atomic mass is 10.0. The smallest absolute Gasteiger partial charge is 0.276 e. The molecule has 4 N–H and O–H groups in total. The first-order valence-corrected chi connectivity index (χ1v) is 8.76. The molecule has 0 heterocycles. The Morgan fingerprint density at radius 2 is 1.41 bits per heavy atom. The van der Waals surface area contributed by atoms with E-state index in [2.05, 4.69) is 0 Å². The van der Waals surface area contributed by atoms with Gasteiger partial charge in [0.2, 0.25) is 0 Å². The largest absolute Gasteiger partial charge is 0.288 e. The van der Waals surface area contributed by atoms with Gasteiger partial charge in [0.15, 0.2) is 0 Å². The number of hydrogen-bond donors (Lipinski definition) is 4. The minimum absolute atomic E-state index is 0.00789. The molecule has 1 rings (SSSR count). The van der Waals surface area contributed by atoms with Crippen molar-refractivity contribution in [3.63, 3.8) is 0 Å². The number of nitrogens with zero attached hydrogens (tertiary/aromatic N) is 2. The Bertz CT molecular complexity index is 784. The van der Waals surface area contributed by atoms with Crippen LogP contribution in [0.25, 0.3) is 0 Å². The summed E-state index contributed by atoms with van der Waals surface area (Å²) >= 11 is 0. The summed E-state index contributed by atoms with van der Waals surface area (Å²) in [6.07, 6.45) is 0.0509. The van der Waals surface area contributed by atoms with Crippen molar-refractivity contribution in [2.75, 3.05) is 0 Å². The molecule has 10 nitrogen and oxygen atoms in total. The molecule has 0 aliphatic rings. The Morgan fingerprint density at radius 1 is 0.955 bits per heavy atom. The molecule has 1 aromatic rings. The zero-order valence-corrected chi connectivity index (χ0v) is 13.6. The van der Waals surface area contributed by atoms with Gasteiger partial charge in [-0.25, -0.2) is 16.8 Å². The molecule has 0 saturated heterocycles. The molecule has 0 amide bonds. The molecule has 1 aromatic carbocycles. The van der Waals surface area contributed by atoms with Crippen molar-refractivity contribution < 1.29 is 37.7 Å². The van der Waals surface area contributed by atoms with E-state index in [-0.39, 0.29) is 23.1 Å². The maximum Gasteiger partial charge on any atom is 0.288 e. The standard InChI is InChI=1S/C10H16N2O8S2/c1-4-8-7(3)9(21(17,18)11(13)14)5-6(2)10(8)22(19,20)12(15)16/h5,13-16H,4H2,1-3H3. The minimum Gasteiger partial charge on any atom is -0.276 e. The molecule has 0 aliphatic carbocycles. The Morgan fingerprint density at radius 3 is 1.77 bits per heavy atom. The molecule has 22 heavy (non-hydrogen) atoms. The van der Waals surface area contributed by atoms with Gasteiger partial charge >= 0.3 is 0 Å². The van der Waals surface area contributed by atoms with E-state index in [9.17, 15) is 16.8 Å². The first-order valence-electron chi connectivity index (χ1n) is 5.88. The molecule has 0 aliphatic heterocycles. The summed E-state index contributed by atoms with van der Waals surface area (Å²) in [6.45, 7) is 4.05. The monoisotopic (exact) mass is 356 g/mol. The van der Waals surface area contributed by atoms with Gasteiger partial charge in [0.05, 0.1) is 19.1 Å². The molecular weight excluding hydrogens is 340 g/mol. The number of sulfonamides is 2. The summed E-state index contributed by atoms with van der Waals surface area (Å²) in [7, 11) is -9.28. The summed E-state index contributed by atoms with van der Waals surface area (Å²) in [4.78, 5) is -0.966. The van der Waals surface area contributed by atoms with E-state index in [1.165, 1.54) is 20.8 Å². The number of aryl methyl sites for hydroxylation is 1. The predicted molar refractivity (Wildman–Crippen MR) is 70.5 cm³/mol. The van der Waals surface area contributed by atoms with E-state index in [0.29, 0.717) is 0 Å². The first-order chi connectivity index (χ1) is 9.88. The molecule has 0 aromatic heterocycles. The van der Waals surface area contributed by atoms with Gasteiger partial charge in [-0.1, -0.05) is 6.92 Å². The Hall–Kier alpha value is -1.12. The summed E-state index contributed by atoms with van der Waals surface area (Å²) in [5, 5.41) is 35.4. The highest BCUT2D eigenvalue weighted by molar-refractivity contribution is 7.89. The average Bonchev–Trinajstić information content (AvgIpc) is 2.39. The van der Waals surface area contributed by atoms with Crippen LogP contribution >= 0.6 is 0 Å². The third-order valence-electron chi connectivity index (χ3n) is 3.12. The van der Waals surface area contributed by atoms with Gasteiger partial charge in [0.1, 0.15) is 0 Å². The van der Waals surface area contributed by atoms with Crippen LogP contribution in [-0.2, 0) is 26.5 Å². The quantitative estimate of drug-likeness (QED) is 0.553. The van der Waals surface area contributed by atoms with Crippen LogP contribution in [-0.4, -0.2) is 46.9 Å². The fourth-order valence-corrected chi connectivity index (χ4v) is 4.40. The van der Waals surface area contributed by atoms with Gasteiger partial charge in [-0.2, -0.15) is 0 Å². The molecular formula is C10H16N2O8S2. The Kier molecular flexibility index (Phi) is 5.31. The van der Waals surface area contributed by atoms with Crippen LogP contribution in [0.1, 0.15) is 23.6 Å². The van der Waals surface area contributed by atoms with Crippen LogP contribution in [0, 0.1) is 13.8 Å². The van der Waals surface area contributed by atoms with Gasteiger partial charge in [-0.05, 0) is 43.0 Å². The molecule has 12 heteroatoms. The third-order valence-corrected chi connectivity index (χ3v) is 6.05. The van der Waals surface area contributed by atoms with Gasteiger partial charge in [0, 0.05) is 0 Å². The van der Waals surface area contributed by atoms with Crippen LogP contribution in [0.4, 0.5) is 0 Å². The second kappa shape index (κ2) is 6.17. The van der Waals surface area contributed by atoms with Gasteiger partial charge in [-0.15, -0.1) is 0 Å². The predicted octanol–water partition coefficient (Wildman–Crippen LogP) is 0.404. The molecule has 0 saturated carbocycles. The van der Waals surface area contributed by atoms with Crippen molar-refractivity contribution in [1.82, 2.24) is 9.26 Å². The number of hydrogen-bond acceptors (Lipinski definition) is 8. The highest BCUT2D eigenvalue weighted by Gasteiger charge is 2.32. The van der Waals surface area contributed by atoms with Crippen LogP contribution in [0.5, 0.6) is 0 Å². The fourth-order valence-electron chi connectivity index (χ4n) is 2.15.